The minimum absolute atomic E-state index is 0.00197. The van der Waals surface area contributed by atoms with Crippen molar-refractivity contribution in [3.63, 3.8) is 0 Å². The summed E-state index contributed by atoms with van der Waals surface area (Å²) >= 11 is 0. The Morgan fingerprint density at radius 3 is 2.18 bits per heavy atom. The fraction of sp³-hybridized carbons (Fsp3) is 0.455. The maximum atomic E-state index is 12.9. The van der Waals surface area contributed by atoms with Crippen molar-refractivity contribution in [2.75, 3.05) is 0 Å². The Hall–Kier alpha value is -1.14. The maximum absolute atomic E-state index is 12.9. The molecule has 0 aliphatic heterocycles. The highest BCUT2D eigenvalue weighted by Crippen LogP contribution is 2.42. The first-order valence-electron chi connectivity index (χ1n) is 4.92. The first-order chi connectivity index (χ1) is 7.60. The highest BCUT2D eigenvalue weighted by atomic mass is 19.4. The highest BCUT2D eigenvalue weighted by Gasteiger charge is 2.58. The summed E-state index contributed by atoms with van der Waals surface area (Å²) in [6.07, 6.45) is -4.93. The van der Waals surface area contributed by atoms with Crippen molar-refractivity contribution in [3.05, 3.63) is 35.1 Å². The lowest BCUT2D eigenvalue weighted by Crippen LogP contribution is -2.54. The lowest BCUT2D eigenvalue weighted by atomic mass is 9.84. The lowest BCUT2D eigenvalue weighted by molar-refractivity contribution is -0.273. The zero-order valence-electron chi connectivity index (χ0n) is 9.35. The molecular formula is C11H13F4NO. The van der Waals surface area contributed by atoms with E-state index in [4.69, 9.17) is 5.73 Å². The molecular weight excluding hydrogens is 238 g/mol. The molecule has 0 bridgehead atoms. The Kier molecular flexibility index (Phi) is 3.50. The SMILES string of the molecule is Cc1cc(F)ccc1C(O)(C(C)N)C(F)(F)F. The van der Waals surface area contributed by atoms with Gasteiger partial charge in [0.05, 0.1) is 0 Å². The van der Waals surface area contributed by atoms with Crippen LogP contribution in [0.3, 0.4) is 0 Å². The minimum Gasteiger partial charge on any atom is -0.375 e. The van der Waals surface area contributed by atoms with E-state index >= 15 is 0 Å². The summed E-state index contributed by atoms with van der Waals surface area (Å²) in [5.74, 6) is -0.666. The second-order valence-electron chi connectivity index (χ2n) is 4.01. The molecule has 0 radical (unpaired) electrons. The van der Waals surface area contributed by atoms with Gasteiger partial charge in [0.25, 0.3) is 0 Å². The topological polar surface area (TPSA) is 46.2 Å². The third-order valence-electron chi connectivity index (χ3n) is 2.69. The number of halogens is 4. The predicted octanol–water partition coefficient (Wildman–Crippen LogP) is 2.23. The van der Waals surface area contributed by atoms with Gasteiger partial charge in [-0.3, -0.25) is 0 Å². The molecule has 0 aliphatic rings. The first kappa shape index (κ1) is 13.9. The van der Waals surface area contributed by atoms with Crippen LogP contribution in [0.2, 0.25) is 0 Å². The van der Waals surface area contributed by atoms with Crippen molar-refractivity contribution in [3.8, 4) is 0 Å². The zero-order chi connectivity index (χ0) is 13.4. The summed E-state index contributed by atoms with van der Waals surface area (Å²) in [5.41, 5.74) is 1.63. The molecule has 1 aromatic rings. The van der Waals surface area contributed by atoms with Crippen LogP contribution in [-0.2, 0) is 5.60 Å². The number of aryl methyl sites for hydroxylation is 1. The molecule has 3 N–H and O–H groups in total. The molecule has 96 valence electrons. The number of hydrogen-bond donors (Lipinski definition) is 2. The molecule has 0 saturated carbocycles. The molecule has 6 heteroatoms. The van der Waals surface area contributed by atoms with Gasteiger partial charge in [-0.1, -0.05) is 6.07 Å². The normalized spacial score (nSPS) is 17.6. The van der Waals surface area contributed by atoms with Gasteiger partial charge in [-0.25, -0.2) is 4.39 Å². The fourth-order valence-electron chi connectivity index (χ4n) is 1.71. The number of benzene rings is 1. The Labute approximate surface area is 96.1 Å². The summed E-state index contributed by atoms with van der Waals surface area (Å²) in [6, 6.07) is 1.13. The van der Waals surface area contributed by atoms with Gasteiger partial charge in [-0.15, -0.1) is 0 Å². The van der Waals surface area contributed by atoms with Gasteiger partial charge >= 0.3 is 6.18 Å². The fourth-order valence-corrected chi connectivity index (χ4v) is 1.71. The Bertz CT molecular complexity index is 416. The summed E-state index contributed by atoms with van der Waals surface area (Å²) in [7, 11) is 0. The van der Waals surface area contributed by atoms with Crippen LogP contribution in [-0.4, -0.2) is 17.3 Å². The second-order valence-corrected chi connectivity index (χ2v) is 4.01. The van der Waals surface area contributed by atoms with E-state index in [9.17, 15) is 22.7 Å². The average molecular weight is 251 g/mol. The van der Waals surface area contributed by atoms with Crippen LogP contribution >= 0.6 is 0 Å². The quantitative estimate of drug-likeness (QED) is 0.792. The van der Waals surface area contributed by atoms with Crippen LogP contribution in [0.25, 0.3) is 0 Å². The Morgan fingerprint density at radius 1 is 1.29 bits per heavy atom. The third-order valence-corrected chi connectivity index (χ3v) is 2.69. The zero-order valence-corrected chi connectivity index (χ0v) is 9.35. The van der Waals surface area contributed by atoms with E-state index in [1.807, 2.05) is 0 Å². The molecule has 2 unspecified atom stereocenters. The van der Waals surface area contributed by atoms with Gasteiger partial charge in [0.15, 0.2) is 0 Å². The van der Waals surface area contributed by atoms with Crippen LogP contribution in [0.5, 0.6) is 0 Å². The lowest BCUT2D eigenvalue weighted by Gasteiger charge is -2.35. The summed E-state index contributed by atoms with van der Waals surface area (Å²) < 4.78 is 51.5. The van der Waals surface area contributed by atoms with E-state index in [-0.39, 0.29) is 5.56 Å². The molecule has 2 atom stereocenters. The molecule has 0 spiro atoms. The molecule has 1 rings (SSSR count). The van der Waals surface area contributed by atoms with E-state index in [2.05, 4.69) is 0 Å². The van der Waals surface area contributed by atoms with E-state index in [1.165, 1.54) is 6.92 Å². The van der Waals surface area contributed by atoms with Crippen molar-refractivity contribution in [1.82, 2.24) is 0 Å². The van der Waals surface area contributed by atoms with E-state index < -0.39 is 29.2 Å². The summed E-state index contributed by atoms with van der Waals surface area (Å²) in [5, 5.41) is 9.80. The van der Waals surface area contributed by atoms with Crippen LogP contribution < -0.4 is 5.73 Å². The van der Waals surface area contributed by atoms with E-state index in [1.54, 1.807) is 0 Å². The summed E-state index contributed by atoms with van der Waals surface area (Å²) in [4.78, 5) is 0. The van der Waals surface area contributed by atoms with Gasteiger partial charge < -0.3 is 10.8 Å². The number of alkyl halides is 3. The molecule has 0 saturated heterocycles. The first-order valence-corrected chi connectivity index (χ1v) is 4.92. The van der Waals surface area contributed by atoms with Crippen molar-refractivity contribution in [2.45, 2.75) is 31.7 Å². The van der Waals surface area contributed by atoms with Crippen molar-refractivity contribution >= 4 is 0 Å². The number of hydrogen-bond acceptors (Lipinski definition) is 2. The standard InChI is InChI=1S/C11H13F4NO/c1-6-5-8(12)3-4-9(6)10(17,7(2)16)11(13,14)15/h3-5,7,17H,16H2,1-2H3. The number of nitrogens with two attached hydrogens (primary N) is 1. The van der Waals surface area contributed by atoms with Crippen LogP contribution in [0.1, 0.15) is 18.1 Å². The van der Waals surface area contributed by atoms with Crippen LogP contribution in [0.15, 0.2) is 18.2 Å². The van der Waals surface area contributed by atoms with Gasteiger partial charge in [-0.05, 0) is 37.1 Å². The largest absolute Gasteiger partial charge is 0.422 e. The molecule has 1 aromatic carbocycles. The van der Waals surface area contributed by atoms with Crippen LogP contribution in [0, 0.1) is 12.7 Å². The van der Waals surface area contributed by atoms with Gasteiger partial charge in [-0.2, -0.15) is 13.2 Å². The van der Waals surface area contributed by atoms with Gasteiger partial charge in [0, 0.05) is 6.04 Å². The molecule has 0 fully saturated rings. The smallest absolute Gasteiger partial charge is 0.375 e. The van der Waals surface area contributed by atoms with Crippen LogP contribution in [0.4, 0.5) is 17.6 Å². The molecule has 0 aromatic heterocycles. The molecule has 17 heavy (non-hydrogen) atoms. The third kappa shape index (κ3) is 2.28. The monoisotopic (exact) mass is 251 g/mol. The van der Waals surface area contributed by atoms with Crippen molar-refractivity contribution in [1.29, 1.82) is 0 Å². The van der Waals surface area contributed by atoms with Crippen molar-refractivity contribution in [2.24, 2.45) is 5.73 Å². The Balaban J connectivity index is 3.44. The highest BCUT2D eigenvalue weighted by molar-refractivity contribution is 5.34. The van der Waals surface area contributed by atoms with Gasteiger partial charge in [0.1, 0.15) is 5.82 Å². The Morgan fingerprint density at radius 2 is 1.82 bits per heavy atom. The summed E-state index contributed by atoms with van der Waals surface area (Å²) in [6.45, 7) is 2.34. The maximum Gasteiger partial charge on any atom is 0.422 e. The van der Waals surface area contributed by atoms with E-state index in [0.29, 0.717) is 0 Å². The average Bonchev–Trinajstić information content (AvgIpc) is 2.14. The molecule has 0 heterocycles. The van der Waals surface area contributed by atoms with Crippen molar-refractivity contribution < 1.29 is 22.7 Å². The van der Waals surface area contributed by atoms with Gasteiger partial charge in [0.2, 0.25) is 5.60 Å². The molecule has 0 amide bonds. The molecule has 2 nitrogen and oxygen atoms in total. The number of rotatable bonds is 2. The number of aliphatic hydroxyl groups is 1. The molecule has 0 aliphatic carbocycles. The predicted molar refractivity (Wildman–Crippen MR) is 54.7 cm³/mol. The minimum atomic E-state index is -4.93. The van der Waals surface area contributed by atoms with E-state index in [0.717, 1.165) is 25.1 Å². The second kappa shape index (κ2) is 4.27.